The topological polar surface area (TPSA) is 76.8 Å². The summed E-state index contributed by atoms with van der Waals surface area (Å²) in [6.07, 6.45) is 1.16. The number of imide groups is 1. The molecule has 1 aromatic rings. The number of carbonyl (C=O) groups is 3. The zero-order chi connectivity index (χ0) is 15.6. The molecule has 112 valence electrons. The van der Waals surface area contributed by atoms with Gasteiger partial charge in [0, 0.05) is 6.08 Å². The molecule has 0 spiro atoms. The van der Waals surface area contributed by atoms with Crippen LogP contribution in [-0.4, -0.2) is 34.7 Å². The summed E-state index contributed by atoms with van der Waals surface area (Å²) in [6.45, 7) is 3.00. The number of hydrogen-bond acceptors (Lipinski definition) is 6. The number of rotatable bonds is 4. The smallest absolute Gasteiger partial charge is 0.326 e. The number of esters is 1. The van der Waals surface area contributed by atoms with Gasteiger partial charge in [0.1, 0.15) is 12.3 Å². The van der Waals surface area contributed by atoms with E-state index in [1.54, 1.807) is 26.0 Å². The van der Waals surface area contributed by atoms with Gasteiger partial charge in [0.2, 0.25) is 0 Å². The van der Waals surface area contributed by atoms with Crippen molar-refractivity contribution in [3.05, 3.63) is 27.5 Å². The van der Waals surface area contributed by atoms with E-state index in [0.717, 1.165) is 16.7 Å². The van der Waals surface area contributed by atoms with Crippen LogP contribution >= 0.6 is 27.7 Å². The highest BCUT2D eigenvalue weighted by molar-refractivity contribution is 9.10. The Kier molecular flexibility index (Phi) is 4.89. The van der Waals surface area contributed by atoms with Gasteiger partial charge in [-0.05, 0) is 53.7 Å². The molecule has 0 atom stereocenters. The molecule has 0 radical (unpaired) electrons. The monoisotopic (exact) mass is 373 g/mol. The Hall–Kier alpha value is -1.54. The number of amides is 2. The Bertz CT molecular complexity index is 622. The maximum absolute atomic E-state index is 12.1. The van der Waals surface area contributed by atoms with Crippen LogP contribution in [0.4, 0.5) is 4.79 Å². The highest BCUT2D eigenvalue weighted by atomic mass is 79.9. The van der Waals surface area contributed by atoms with Crippen LogP contribution < -0.4 is 0 Å². The number of ether oxygens (including phenoxy) is 1. The number of nitrogens with zero attached hydrogens (tertiary/aromatic N) is 1. The van der Waals surface area contributed by atoms with Crippen LogP contribution in [0.1, 0.15) is 19.6 Å². The summed E-state index contributed by atoms with van der Waals surface area (Å²) in [5.41, 5.74) is 0. The lowest BCUT2D eigenvalue weighted by molar-refractivity contribution is -0.149. The average Bonchev–Trinajstić information content (AvgIpc) is 2.88. The van der Waals surface area contributed by atoms with E-state index in [1.807, 2.05) is 0 Å². The lowest BCUT2D eigenvalue weighted by Crippen LogP contribution is -2.35. The molecule has 1 aliphatic heterocycles. The maximum Gasteiger partial charge on any atom is 0.326 e. The third kappa shape index (κ3) is 3.98. The van der Waals surface area contributed by atoms with Crippen molar-refractivity contribution in [2.45, 2.75) is 20.0 Å². The second-order valence-electron chi connectivity index (χ2n) is 4.45. The Morgan fingerprint density at radius 2 is 2.19 bits per heavy atom. The molecule has 0 aromatic carbocycles. The van der Waals surface area contributed by atoms with Crippen molar-refractivity contribution < 1.29 is 23.5 Å². The van der Waals surface area contributed by atoms with Crippen molar-refractivity contribution in [1.29, 1.82) is 0 Å². The van der Waals surface area contributed by atoms with Crippen molar-refractivity contribution in [2.24, 2.45) is 0 Å². The fraction of sp³-hybridized carbons (Fsp3) is 0.308. The summed E-state index contributed by atoms with van der Waals surface area (Å²) in [6, 6.07) is 3.33. The van der Waals surface area contributed by atoms with Crippen molar-refractivity contribution >= 4 is 50.9 Å². The molecule has 1 saturated heterocycles. The molecule has 0 bridgehead atoms. The summed E-state index contributed by atoms with van der Waals surface area (Å²) in [7, 11) is 0. The first-order valence-electron chi connectivity index (χ1n) is 6.07. The molecule has 1 aromatic heterocycles. The summed E-state index contributed by atoms with van der Waals surface area (Å²) >= 11 is 3.91. The zero-order valence-corrected chi connectivity index (χ0v) is 13.7. The predicted octanol–water partition coefficient (Wildman–Crippen LogP) is 3.03. The van der Waals surface area contributed by atoms with Gasteiger partial charge in [-0.25, -0.2) is 0 Å². The molecule has 1 aliphatic rings. The molecule has 1 fully saturated rings. The molecule has 2 rings (SSSR count). The van der Waals surface area contributed by atoms with Crippen LogP contribution in [0, 0.1) is 0 Å². The van der Waals surface area contributed by atoms with E-state index in [0.29, 0.717) is 10.4 Å². The fourth-order valence-electron chi connectivity index (χ4n) is 1.60. The lowest BCUT2D eigenvalue weighted by Gasteiger charge is -2.13. The van der Waals surface area contributed by atoms with Gasteiger partial charge in [-0.2, -0.15) is 0 Å². The molecule has 0 unspecified atom stereocenters. The van der Waals surface area contributed by atoms with Gasteiger partial charge < -0.3 is 9.15 Å². The standard InChI is InChI=1S/C13H12BrNO5S/c1-7(2)19-11(16)6-15-12(17)9(21-13(15)18)5-8-3-4-10(14)20-8/h3-5,7H,6H2,1-2H3/b9-5-. The van der Waals surface area contributed by atoms with Crippen LogP contribution in [0.15, 0.2) is 26.1 Å². The summed E-state index contributed by atoms with van der Waals surface area (Å²) in [4.78, 5) is 36.5. The third-order valence-corrected chi connectivity index (χ3v) is 3.73. The SMILES string of the molecule is CC(C)OC(=O)CN1C(=O)S/C(=C\c2ccc(Br)o2)C1=O. The van der Waals surface area contributed by atoms with Crippen molar-refractivity contribution in [2.75, 3.05) is 6.54 Å². The minimum atomic E-state index is -0.616. The van der Waals surface area contributed by atoms with E-state index in [2.05, 4.69) is 15.9 Å². The molecule has 6 nitrogen and oxygen atoms in total. The summed E-state index contributed by atoms with van der Waals surface area (Å²) in [5.74, 6) is -0.704. The molecule has 8 heteroatoms. The largest absolute Gasteiger partial charge is 0.462 e. The van der Waals surface area contributed by atoms with E-state index >= 15 is 0 Å². The Morgan fingerprint density at radius 3 is 2.76 bits per heavy atom. The molecule has 2 heterocycles. The van der Waals surface area contributed by atoms with E-state index in [-0.39, 0.29) is 17.6 Å². The minimum Gasteiger partial charge on any atom is -0.462 e. The number of halogens is 1. The quantitative estimate of drug-likeness (QED) is 0.596. The van der Waals surface area contributed by atoms with Gasteiger partial charge in [0.25, 0.3) is 11.1 Å². The molecular formula is C13H12BrNO5S. The van der Waals surface area contributed by atoms with Gasteiger partial charge in [-0.3, -0.25) is 19.3 Å². The summed E-state index contributed by atoms with van der Waals surface area (Å²) in [5, 5.41) is -0.502. The summed E-state index contributed by atoms with van der Waals surface area (Å²) < 4.78 is 10.7. The number of hydrogen-bond donors (Lipinski definition) is 0. The van der Waals surface area contributed by atoms with Gasteiger partial charge in [0.15, 0.2) is 4.67 Å². The second kappa shape index (κ2) is 6.48. The molecular weight excluding hydrogens is 362 g/mol. The average molecular weight is 374 g/mol. The van der Waals surface area contributed by atoms with Crippen LogP contribution in [0.5, 0.6) is 0 Å². The molecule has 0 aliphatic carbocycles. The highest BCUT2D eigenvalue weighted by Crippen LogP contribution is 2.32. The Morgan fingerprint density at radius 1 is 1.48 bits per heavy atom. The normalized spacial score (nSPS) is 17.1. The first-order valence-corrected chi connectivity index (χ1v) is 7.68. The van der Waals surface area contributed by atoms with Gasteiger partial charge in [-0.1, -0.05) is 0 Å². The van der Waals surface area contributed by atoms with Crippen molar-refractivity contribution in [3.8, 4) is 0 Å². The zero-order valence-electron chi connectivity index (χ0n) is 11.3. The highest BCUT2D eigenvalue weighted by Gasteiger charge is 2.37. The van der Waals surface area contributed by atoms with Crippen LogP contribution in [0.2, 0.25) is 0 Å². The third-order valence-electron chi connectivity index (χ3n) is 2.40. The number of thioether (sulfide) groups is 1. The molecule has 2 amide bonds. The minimum absolute atomic E-state index is 0.208. The lowest BCUT2D eigenvalue weighted by atomic mass is 10.3. The van der Waals surface area contributed by atoms with E-state index < -0.39 is 17.1 Å². The molecule has 21 heavy (non-hydrogen) atoms. The predicted molar refractivity (Wildman–Crippen MR) is 80.3 cm³/mol. The van der Waals surface area contributed by atoms with Crippen molar-refractivity contribution in [3.63, 3.8) is 0 Å². The molecule has 0 saturated carbocycles. The van der Waals surface area contributed by atoms with Crippen molar-refractivity contribution in [1.82, 2.24) is 4.90 Å². The second-order valence-corrected chi connectivity index (χ2v) is 6.22. The Labute approximate surface area is 133 Å². The first-order chi connectivity index (χ1) is 9.86. The fourth-order valence-corrected chi connectivity index (χ4v) is 2.74. The first kappa shape index (κ1) is 15.8. The van der Waals surface area contributed by atoms with E-state index in [1.165, 1.54) is 6.08 Å². The van der Waals surface area contributed by atoms with E-state index in [4.69, 9.17) is 9.15 Å². The Balaban J connectivity index is 2.09. The van der Waals surface area contributed by atoms with Gasteiger partial charge in [-0.15, -0.1) is 0 Å². The van der Waals surface area contributed by atoms with Gasteiger partial charge in [0.05, 0.1) is 11.0 Å². The van der Waals surface area contributed by atoms with E-state index in [9.17, 15) is 14.4 Å². The number of furan rings is 1. The van der Waals surface area contributed by atoms with Crippen LogP contribution in [0.25, 0.3) is 6.08 Å². The van der Waals surface area contributed by atoms with Crippen LogP contribution in [0.3, 0.4) is 0 Å². The molecule has 0 N–H and O–H groups in total. The van der Waals surface area contributed by atoms with Gasteiger partial charge >= 0.3 is 5.97 Å². The maximum atomic E-state index is 12.1. The van der Waals surface area contributed by atoms with Crippen LogP contribution in [-0.2, 0) is 14.3 Å². The number of carbonyl (C=O) groups excluding carboxylic acids is 3.